The number of halogens is 1. The molecule has 0 unspecified atom stereocenters. The predicted octanol–water partition coefficient (Wildman–Crippen LogP) is 5.12. The molecule has 5 heteroatoms. The number of hydrogen-bond acceptors (Lipinski definition) is 2. The lowest BCUT2D eigenvalue weighted by molar-refractivity contribution is 0.0729. The normalized spacial score (nSPS) is 13.5. The second-order valence-corrected chi connectivity index (χ2v) is 8.49. The maximum Gasteiger partial charge on any atom is 0.254 e. The number of benzene rings is 2. The third kappa shape index (κ3) is 4.36. The molecule has 1 saturated carbocycles. The summed E-state index contributed by atoms with van der Waals surface area (Å²) in [5, 5.41) is 4.53. The quantitative estimate of drug-likeness (QED) is 0.536. The van der Waals surface area contributed by atoms with Gasteiger partial charge in [0.05, 0.1) is 12.2 Å². The van der Waals surface area contributed by atoms with Gasteiger partial charge in [-0.25, -0.2) is 0 Å². The van der Waals surface area contributed by atoms with Crippen molar-refractivity contribution in [3.63, 3.8) is 0 Å². The van der Waals surface area contributed by atoms with Crippen LogP contribution in [0.4, 0.5) is 0 Å². The molecule has 1 aliphatic carbocycles. The van der Waals surface area contributed by atoms with Crippen molar-refractivity contribution < 1.29 is 4.79 Å². The number of amides is 1. The molecule has 0 atom stereocenters. The first-order valence-corrected chi connectivity index (χ1v) is 10.4. The van der Waals surface area contributed by atoms with Crippen molar-refractivity contribution >= 4 is 21.8 Å². The van der Waals surface area contributed by atoms with Crippen LogP contribution >= 0.6 is 15.9 Å². The molecule has 144 valence electrons. The van der Waals surface area contributed by atoms with Crippen molar-refractivity contribution in [3.05, 3.63) is 87.1 Å². The van der Waals surface area contributed by atoms with E-state index in [1.165, 1.54) is 0 Å². The third-order valence-corrected chi connectivity index (χ3v) is 5.59. The highest BCUT2D eigenvalue weighted by Crippen LogP contribution is 2.30. The van der Waals surface area contributed by atoms with Gasteiger partial charge in [-0.15, -0.1) is 0 Å². The minimum atomic E-state index is 0.109. The van der Waals surface area contributed by atoms with Gasteiger partial charge in [-0.3, -0.25) is 9.48 Å². The summed E-state index contributed by atoms with van der Waals surface area (Å²) >= 11 is 3.52. The molecule has 0 aliphatic heterocycles. The average molecular weight is 438 g/mol. The van der Waals surface area contributed by atoms with E-state index >= 15 is 0 Å². The fourth-order valence-electron chi connectivity index (χ4n) is 3.56. The minimum Gasteiger partial charge on any atom is -0.331 e. The zero-order chi connectivity index (χ0) is 19.7. The molecule has 28 heavy (non-hydrogen) atoms. The minimum absolute atomic E-state index is 0.109. The molecule has 1 aromatic heterocycles. The van der Waals surface area contributed by atoms with Crippen LogP contribution in [0.1, 0.15) is 45.7 Å². The summed E-state index contributed by atoms with van der Waals surface area (Å²) in [5.74, 6) is 0.109. The number of carbonyl (C=O) groups excluding carboxylic acids is 1. The first-order valence-electron chi connectivity index (χ1n) is 9.65. The highest BCUT2D eigenvalue weighted by Gasteiger charge is 2.33. The molecule has 1 fully saturated rings. The van der Waals surface area contributed by atoms with Gasteiger partial charge in [0.25, 0.3) is 5.91 Å². The molecule has 1 heterocycles. The highest BCUT2D eigenvalue weighted by atomic mass is 79.9. The number of nitrogens with zero attached hydrogens (tertiary/aromatic N) is 3. The van der Waals surface area contributed by atoms with Crippen LogP contribution in [0.25, 0.3) is 0 Å². The third-order valence-electron chi connectivity index (χ3n) is 5.10. The molecule has 0 radical (unpaired) electrons. The Morgan fingerprint density at radius 3 is 2.54 bits per heavy atom. The van der Waals surface area contributed by atoms with E-state index in [1.54, 1.807) is 0 Å². The summed E-state index contributed by atoms with van der Waals surface area (Å²) in [6.45, 7) is 5.38. The van der Waals surface area contributed by atoms with Gasteiger partial charge in [0, 0.05) is 28.3 Å². The molecule has 1 amide bonds. The van der Waals surface area contributed by atoms with Gasteiger partial charge in [0.1, 0.15) is 0 Å². The maximum atomic E-state index is 13.3. The van der Waals surface area contributed by atoms with Crippen LogP contribution in [0.15, 0.2) is 59.1 Å². The van der Waals surface area contributed by atoms with Gasteiger partial charge in [0.2, 0.25) is 0 Å². The number of aryl methyl sites for hydroxylation is 2. The molecule has 0 spiro atoms. The van der Waals surface area contributed by atoms with Crippen LogP contribution < -0.4 is 0 Å². The summed E-state index contributed by atoms with van der Waals surface area (Å²) in [4.78, 5) is 15.3. The average Bonchev–Trinajstić information content (AvgIpc) is 3.45. The fraction of sp³-hybridized carbons (Fsp3) is 0.304. The smallest absolute Gasteiger partial charge is 0.254 e. The summed E-state index contributed by atoms with van der Waals surface area (Å²) in [5.41, 5.74) is 5.13. The molecule has 4 nitrogen and oxygen atoms in total. The van der Waals surface area contributed by atoms with Gasteiger partial charge in [0.15, 0.2) is 0 Å². The largest absolute Gasteiger partial charge is 0.331 e. The van der Waals surface area contributed by atoms with Gasteiger partial charge >= 0.3 is 0 Å². The summed E-state index contributed by atoms with van der Waals surface area (Å²) in [7, 11) is 0. The van der Waals surface area contributed by atoms with Crippen LogP contribution in [0.2, 0.25) is 0 Å². The number of aromatic nitrogens is 2. The summed E-state index contributed by atoms with van der Waals surface area (Å²) < 4.78 is 3.03. The Hall–Kier alpha value is -2.40. The lowest BCUT2D eigenvalue weighted by Crippen LogP contribution is -2.32. The van der Waals surface area contributed by atoms with Crippen LogP contribution in [-0.4, -0.2) is 26.6 Å². The summed E-state index contributed by atoms with van der Waals surface area (Å²) in [6, 6.07) is 18.6. The van der Waals surface area contributed by atoms with Crippen molar-refractivity contribution in [2.45, 2.75) is 45.8 Å². The molecule has 0 bridgehead atoms. The van der Waals surface area contributed by atoms with Crippen molar-refractivity contribution in [3.8, 4) is 0 Å². The Balaban J connectivity index is 1.55. The summed E-state index contributed by atoms with van der Waals surface area (Å²) in [6.07, 6.45) is 2.18. The monoisotopic (exact) mass is 437 g/mol. The standard InChI is InChI=1S/C23H24BrN3O/c1-16-11-17(2)27(25-16)15-18-5-3-7-20(12-18)23(28)26(22-9-10-22)14-19-6-4-8-21(24)13-19/h3-8,11-13,22H,9-10,14-15H2,1-2H3. The van der Waals surface area contributed by atoms with E-state index < -0.39 is 0 Å². The van der Waals surface area contributed by atoms with E-state index in [-0.39, 0.29) is 5.91 Å². The van der Waals surface area contributed by atoms with Crippen LogP contribution in [0, 0.1) is 13.8 Å². The Labute approximate surface area is 174 Å². The number of rotatable bonds is 6. The van der Waals surface area contributed by atoms with E-state index in [0.717, 1.165) is 45.4 Å². The van der Waals surface area contributed by atoms with Crippen LogP contribution in [0.5, 0.6) is 0 Å². The molecule has 3 aromatic rings. The molecular weight excluding hydrogens is 414 g/mol. The van der Waals surface area contributed by atoms with E-state index in [0.29, 0.717) is 19.1 Å². The maximum absolute atomic E-state index is 13.3. The van der Waals surface area contributed by atoms with Gasteiger partial charge in [-0.1, -0.05) is 40.2 Å². The second kappa shape index (κ2) is 7.92. The van der Waals surface area contributed by atoms with E-state index in [2.05, 4.69) is 52.2 Å². The number of carbonyl (C=O) groups is 1. The van der Waals surface area contributed by atoms with Gasteiger partial charge < -0.3 is 4.90 Å². The molecule has 1 aliphatic rings. The fourth-order valence-corrected chi connectivity index (χ4v) is 4.01. The lowest BCUT2D eigenvalue weighted by atomic mass is 10.1. The SMILES string of the molecule is Cc1cc(C)n(Cc2cccc(C(=O)N(Cc3cccc(Br)c3)C3CC3)c2)n1. The van der Waals surface area contributed by atoms with E-state index in [1.807, 2.05) is 46.8 Å². The Kier molecular flexibility index (Phi) is 5.36. The molecule has 0 N–H and O–H groups in total. The Morgan fingerprint density at radius 2 is 1.86 bits per heavy atom. The highest BCUT2D eigenvalue weighted by molar-refractivity contribution is 9.10. The topological polar surface area (TPSA) is 38.1 Å². The van der Waals surface area contributed by atoms with Crippen LogP contribution in [0.3, 0.4) is 0 Å². The number of hydrogen-bond donors (Lipinski definition) is 0. The van der Waals surface area contributed by atoms with E-state index in [4.69, 9.17) is 0 Å². The van der Waals surface area contributed by atoms with Crippen molar-refractivity contribution in [1.82, 2.24) is 14.7 Å². The van der Waals surface area contributed by atoms with Gasteiger partial charge in [-0.05, 0) is 68.1 Å². The van der Waals surface area contributed by atoms with E-state index in [9.17, 15) is 4.79 Å². The van der Waals surface area contributed by atoms with Gasteiger partial charge in [-0.2, -0.15) is 5.10 Å². The first kappa shape index (κ1) is 18.9. The predicted molar refractivity (Wildman–Crippen MR) is 114 cm³/mol. The Bertz CT molecular complexity index is 1010. The molecule has 4 rings (SSSR count). The zero-order valence-corrected chi connectivity index (χ0v) is 17.8. The Morgan fingerprint density at radius 1 is 1.11 bits per heavy atom. The first-order chi connectivity index (χ1) is 13.5. The molecular formula is C23H24BrN3O. The molecule has 2 aromatic carbocycles. The lowest BCUT2D eigenvalue weighted by Gasteiger charge is -2.23. The van der Waals surface area contributed by atoms with Crippen molar-refractivity contribution in [2.75, 3.05) is 0 Å². The van der Waals surface area contributed by atoms with Crippen LogP contribution in [-0.2, 0) is 13.1 Å². The second-order valence-electron chi connectivity index (χ2n) is 7.58. The van der Waals surface area contributed by atoms with Crippen molar-refractivity contribution in [2.24, 2.45) is 0 Å². The van der Waals surface area contributed by atoms with Crippen molar-refractivity contribution in [1.29, 1.82) is 0 Å². The molecule has 0 saturated heterocycles. The zero-order valence-electron chi connectivity index (χ0n) is 16.2.